The Balaban J connectivity index is 2.72. The number of rotatable bonds is 4. The highest BCUT2D eigenvalue weighted by Crippen LogP contribution is 1.75. The van der Waals surface area contributed by atoms with Gasteiger partial charge in [0.25, 0.3) is 0 Å². The summed E-state index contributed by atoms with van der Waals surface area (Å²) in [6.07, 6.45) is 3.13. The molecule has 8 heavy (non-hydrogen) atoms. The van der Waals surface area contributed by atoms with E-state index in [9.17, 15) is 0 Å². The second-order valence-corrected chi connectivity index (χ2v) is 1.24. The summed E-state index contributed by atoms with van der Waals surface area (Å²) in [5, 5.41) is 0. The van der Waals surface area contributed by atoms with Crippen LogP contribution >= 0.6 is 0 Å². The Labute approximate surface area is 50.1 Å². The van der Waals surface area contributed by atoms with Crippen LogP contribution in [0.5, 0.6) is 0 Å². The average Bonchev–Trinajstić information content (AvgIpc) is 1.81. The number of hydrogen-bond donors (Lipinski definition) is 0. The van der Waals surface area contributed by atoms with Crippen LogP contribution in [0.1, 0.15) is 0 Å². The Kier molecular flexibility index (Phi) is 6.09. The molecule has 0 aliphatic carbocycles. The highest BCUT2D eigenvalue weighted by molar-refractivity contribution is 4.74. The largest absolute Gasteiger partial charge is 0.499 e. The van der Waals surface area contributed by atoms with Gasteiger partial charge < -0.3 is 9.47 Å². The molecule has 2 nitrogen and oxygen atoms in total. The smallest absolute Gasteiger partial charge is 0.111 e. The molecule has 0 atom stereocenters. The van der Waals surface area contributed by atoms with E-state index in [1.54, 1.807) is 19.4 Å². The molecular weight excluding hydrogens is 104 g/mol. The molecule has 1 radical (unpaired) electrons. The quantitative estimate of drug-likeness (QED) is 0.402. The molecule has 0 aliphatic rings. The number of allylic oxidation sites excluding steroid dienone is 1. The van der Waals surface area contributed by atoms with Gasteiger partial charge in [0, 0.05) is 7.11 Å². The lowest BCUT2D eigenvalue weighted by Gasteiger charge is -1.96. The Morgan fingerprint density at radius 3 is 2.75 bits per heavy atom. The molecule has 0 unspecified atom stereocenters. The van der Waals surface area contributed by atoms with E-state index < -0.39 is 0 Å². The maximum absolute atomic E-state index is 4.86. The third kappa shape index (κ3) is 5.50. The maximum Gasteiger partial charge on any atom is 0.111 e. The van der Waals surface area contributed by atoms with Crippen molar-refractivity contribution in [2.45, 2.75) is 0 Å². The van der Waals surface area contributed by atoms with E-state index in [0.717, 1.165) is 0 Å². The zero-order chi connectivity index (χ0) is 6.24. The molecule has 0 amide bonds. The van der Waals surface area contributed by atoms with Crippen molar-refractivity contribution in [2.75, 3.05) is 20.3 Å². The zero-order valence-corrected chi connectivity index (χ0v) is 5.09. The summed E-state index contributed by atoms with van der Waals surface area (Å²) in [5.41, 5.74) is 0. The van der Waals surface area contributed by atoms with E-state index in [-0.39, 0.29) is 0 Å². The van der Waals surface area contributed by atoms with Gasteiger partial charge in [0.05, 0.1) is 12.9 Å². The second-order valence-electron chi connectivity index (χ2n) is 1.24. The van der Waals surface area contributed by atoms with E-state index in [1.165, 1.54) is 0 Å². The fourth-order valence-corrected chi connectivity index (χ4v) is 0.268. The van der Waals surface area contributed by atoms with Gasteiger partial charge in [-0.15, -0.1) is 0 Å². The molecule has 0 saturated heterocycles. The van der Waals surface area contributed by atoms with Crippen LogP contribution in [0, 0.1) is 6.92 Å². The van der Waals surface area contributed by atoms with Gasteiger partial charge in [0.15, 0.2) is 0 Å². The summed E-state index contributed by atoms with van der Waals surface area (Å²) in [5.74, 6) is 0. The van der Waals surface area contributed by atoms with Gasteiger partial charge in [-0.3, -0.25) is 0 Å². The Bertz CT molecular complexity index is 59.5. The predicted octanol–water partition coefficient (Wildman–Crippen LogP) is 0.997. The number of hydrogen-bond acceptors (Lipinski definition) is 2. The zero-order valence-electron chi connectivity index (χ0n) is 5.09. The van der Waals surface area contributed by atoms with Gasteiger partial charge in [-0.25, -0.2) is 0 Å². The van der Waals surface area contributed by atoms with Crippen molar-refractivity contribution in [2.24, 2.45) is 0 Å². The van der Waals surface area contributed by atoms with E-state index in [2.05, 4.69) is 6.92 Å². The Hall–Kier alpha value is -0.500. The summed E-state index contributed by atoms with van der Waals surface area (Å²) >= 11 is 0. The molecule has 0 saturated carbocycles. The third-order valence-electron chi connectivity index (χ3n) is 0.598. The number of methoxy groups -OCH3 is 1. The highest BCUT2D eigenvalue weighted by atomic mass is 16.5. The van der Waals surface area contributed by atoms with Gasteiger partial charge in [-0.1, -0.05) is 0 Å². The van der Waals surface area contributed by atoms with Crippen LogP contribution in [-0.4, -0.2) is 20.3 Å². The van der Waals surface area contributed by atoms with Crippen LogP contribution in [0.3, 0.4) is 0 Å². The topological polar surface area (TPSA) is 18.5 Å². The van der Waals surface area contributed by atoms with E-state index >= 15 is 0 Å². The molecule has 0 heterocycles. The first kappa shape index (κ1) is 7.50. The lowest BCUT2D eigenvalue weighted by Crippen LogP contribution is -1.96. The minimum Gasteiger partial charge on any atom is -0.499 e. The van der Waals surface area contributed by atoms with E-state index in [0.29, 0.717) is 13.2 Å². The van der Waals surface area contributed by atoms with Crippen LogP contribution in [0.4, 0.5) is 0 Å². The molecule has 0 N–H and O–H groups in total. The molecule has 0 aliphatic heterocycles. The van der Waals surface area contributed by atoms with Crippen LogP contribution in [0.15, 0.2) is 12.3 Å². The minimum absolute atomic E-state index is 0.600. The first-order valence-electron chi connectivity index (χ1n) is 2.46. The lowest BCUT2D eigenvalue weighted by molar-refractivity contribution is 0.123. The lowest BCUT2D eigenvalue weighted by atomic mass is 10.7. The van der Waals surface area contributed by atoms with Gasteiger partial charge in [-0.05, 0) is 13.0 Å². The summed E-state index contributed by atoms with van der Waals surface area (Å²) in [4.78, 5) is 0. The van der Waals surface area contributed by atoms with Crippen molar-refractivity contribution in [3.8, 4) is 0 Å². The highest BCUT2D eigenvalue weighted by Gasteiger charge is 1.76. The molecule has 0 spiro atoms. The maximum atomic E-state index is 4.86. The van der Waals surface area contributed by atoms with Gasteiger partial charge in [-0.2, -0.15) is 0 Å². The average molecular weight is 115 g/mol. The number of ether oxygens (including phenoxy) is 2. The fourth-order valence-electron chi connectivity index (χ4n) is 0.268. The molecule has 0 bridgehead atoms. The van der Waals surface area contributed by atoms with Gasteiger partial charge >= 0.3 is 0 Å². The van der Waals surface area contributed by atoms with Gasteiger partial charge in [0.1, 0.15) is 6.61 Å². The Morgan fingerprint density at radius 2 is 2.25 bits per heavy atom. The fraction of sp³-hybridized carbons (Fsp3) is 0.500. The van der Waals surface area contributed by atoms with Crippen molar-refractivity contribution in [1.82, 2.24) is 0 Å². The molecule has 0 aromatic rings. The van der Waals surface area contributed by atoms with Crippen LogP contribution < -0.4 is 0 Å². The SMILES string of the molecule is [CH2]/C=C/OCCOC. The minimum atomic E-state index is 0.600. The first-order valence-corrected chi connectivity index (χ1v) is 2.46. The summed E-state index contributed by atoms with van der Waals surface area (Å²) in [6.45, 7) is 4.67. The van der Waals surface area contributed by atoms with Crippen molar-refractivity contribution in [3.05, 3.63) is 19.3 Å². The second kappa shape index (κ2) is 6.50. The summed E-state index contributed by atoms with van der Waals surface area (Å²) < 4.78 is 9.56. The summed E-state index contributed by atoms with van der Waals surface area (Å²) in [6, 6.07) is 0. The van der Waals surface area contributed by atoms with Crippen LogP contribution in [0.2, 0.25) is 0 Å². The predicted molar refractivity (Wildman–Crippen MR) is 32.3 cm³/mol. The molecular formula is C6H11O2. The first-order chi connectivity index (χ1) is 3.91. The monoisotopic (exact) mass is 115 g/mol. The van der Waals surface area contributed by atoms with Crippen molar-refractivity contribution in [1.29, 1.82) is 0 Å². The van der Waals surface area contributed by atoms with Crippen LogP contribution in [-0.2, 0) is 9.47 Å². The molecule has 0 aromatic carbocycles. The van der Waals surface area contributed by atoms with Crippen molar-refractivity contribution in [3.63, 3.8) is 0 Å². The molecule has 0 fully saturated rings. The molecule has 2 heteroatoms. The standard InChI is InChI=1S/C6H11O2/c1-3-4-8-6-5-7-2/h3-4H,1,5-6H2,2H3/b4-3+. The van der Waals surface area contributed by atoms with Gasteiger partial charge in [0.2, 0.25) is 0 Å². The van der Waals surface area contributed by atoms with Crippen molar-refractivity contribution < 1.29 is 9.47 Å². The van der Waals surface area contributed by atoms with E-state index in [4.69, 9.17) is 9.47 Å². The Morgan fingerprint density at radius 1 is 1.50 bits per heavy atom. The normalized spacial score (nSPS) is 10.2. The molecule has 0 rings (SSSR count). The van der Waals surface area contributed by atoms with E-state index in [1.807, 2.05) is 0 Å². The third-order valence-corrected chi connectivity index (χ3v) is 0.598. The molecule has 0 aromatic heterocycles. The van der Waals surface area contributed by atoms with Crippen molar-refractivity contribution >= 4 is 0 Å². The molecule has 47 valence electrons. The summed E-state index contributed by atoms with van der Waals surface area (Å²) in [7, 11) is 1.64. The van der Waals surface area contributed by atoms with Crippen LogP contribution in [0.25, 0.3) is 0 Å².